The van der Waals surface area contributed by atoms with Crippen LogP contribution in [0.4, 0.5) is 0 Å². The molecule has 4 aliphatic rings. The van der Waals surface area contributed by atoms with E-state index in [1.807, 2.05) is 0 Å². The summed E-state index contributed by atoms with van der Waals surface area (Å²) in [5.74, 6) is 0. The largest absolute Gasteiger partial charge is 0.0619 e. The van der Waals surface area contributed by atoms with Crippen LogP contribution < -0.4 is 10.4 Å². The molecule has 0 fully saturated rings. The van der Waals surface area contributed by atoms with Crippen LogP contribution in [0.1, 0.15) is 55.6 Å². The Bertz CT molecular complexity index is 1790. The number of rotatable bonds is 0. The molecule has 0 aliphatic heterocycles. The topological polar surface area (TPSA) is 0 Å². The molecule has 0 bridgehead atoms. The molecule has 0 spiro atoms. The summed E-state index contributed by atoms with van der Waals surface area (Å²) >= 11 is 0. The Kier molecular flexibility index (Phi) is 3.57. The second-order valence-electron chi connectivity index (χ2n) is 11.0. The van der Waals surface area contributed by atoms with E-state index in [2.05, 4.69) is 97.1 Å². The molecule has 0 heterocycles. The van der Waals surface area contributed by atoms with E-state index in [0.717, 1.165) is 25.7 Å². The normalized spacial score (nSPS) is 14.7. The molecule has 0 unspecified atom stereocenters. The first-order chi connectivity index (χ1) is 17.8. The highest BCUT2D eigenvalue weighted by Gasteiger charge is 2.23. The molecule has 0 aromatic heterocycles. The van der Waals surface area contributed by atoms with E-state index in [4.69, 9.17) is 0 Å². The van der Waals surface area contributed by atoms with Gasteiger partial charge in [0.2, 0.25) is 0 Å². The lowest BCUT2D eigenvalue weighted by molar-refractivity contribution is 1.07. The average molecular weight is 457 g/mol. The number of benzene rings is 5. The molecule has 4 aliphatic carbocycles. The van der Waals surface area contributed by atoms with Crippen LogP contribution in [0.2, 0.25) is 0 Å². The average Bonchev–Trinajstić information content (AvgIpc) is 3.44. The van der Waals surface area contributed by atoms with E-state index in [-0.39, 0.29) is 0 Å². The number of hydrogen-bond acceptors (Lipinski definition) is 0. The first kappa shape index (κ1) is 19.1. The van der Waals surface area contributed by atoms with Crippen molar-refractivity contribution in [2.45, 2.75) is 25.7 Å². The van der Waals surface area contributed by atoms with Gasteiger partial charge in [-0.15, -0.1) is 0 Å². The van der Waals surface area contributed by atoms with Gasteiger partial charge in [0.25, 0.3) is 0 Å². The van der Waals surface area contributed by atoms with Crippen LogP contribution in [0.5, 0.6) is 0 Å². The van der Waals surface area contributed by atoms with Gasteiger partial charge in [-0.2, -0.15) is 0 Å². The molecule has 0 radical (unpaired) electrons. The maximum atomic E-state index is 2.48. The zero-order valence-electron chi connectivity index (χ0n) is 20.1. The van der Waals surface area contributed by atoms with Gasteiger partial charge in [0.1, 0.15) is 0 Å². The van der Waals surface area contributed by atoms with E-state index < -0.39 is 0 Å². The minimum absolute atomic E-state index is 1.02. The van der Waals surface area contributed by atoms with E-state index in [1.54, 1.807) is 0 Å². The fraction of sp³-hybridized carbons (Fsp3) is 0.111. The summed E-state index contributed by atoms with van der Waals surface area (Å²) in [5, 5.41) is 2.80. The highest BCUT2D eigenvalue weighted by Crippen LogP contribution is 2.40. The smallest absolute Gasteiger partial charge is 0.00133 e. The van der Waals surface area contributed by atoms with Gasteiger partial charge in [-0.1, -0.05) is 72.8 Å². The summed E-state index contributed by atoms with van der Waals surface area (Å²) < 4.78 is 0. The Labute approximate surface area is 210 Å². The summed E-state index contributed by atoms with van der Waals surface area (Å²) in [6, 6.07) is 32.6. The van der Waals surface area contributed by atoms with Crippen molar-refractivity contribution in [3.8, 4) is 22.3 Å². The zero-order chi connectivity index (χ0) is 23.4. The third kappa shape index (κ3) is 2.59. The monoisotopic (exact) mass is 456 g/mol. The number of fused-ring (bicyclic) bond motifs is 10. The van der Waals surface area contributed by atoms with Gasteiger partial charge >= 0.3 is 0 Å². The molecular weight excluding hydrogens is 432 g/mol. The molecule has 36 heavy (non-hydrogen) atoms. The third-order valence-corrected chi connectivity index (χ3v) is 8.89. The molecular formula is C36H24. The summed E-state index contributed by atoms with van der Waals surface area (Å²) in [7, 11) is 0. The lowest BCUT2D eigenvalue weighted by Gasteiger charge is -2.20. The Morgan fingerprint density at radius 3 is 1.28 bits per heavy atom. The van der Waals surface area contributed by atoms with Crippen molar-refractivity contribution >= 4 is 12.2 Å². The van der Waals surface area contributed by atoms with Crippen LogP contribution in [-0.4, -0.2) is 0 Å². The lowest BCUT2D eigenvalue weighted by atomic mass is 9.84. The van der Waals surface area contributed by atoms with E-state index in [9.17, 15) is 0 Å². The summed E-state index contributed by atoms with van der Waals surface area (Å²) in [5.41, 5.74) is 20.3. The van der Waals surface area contributed by atoms with Gasteiger partial charge in [0.05, 0.1) is 0 Å². The molecule has 0 heteroatoms. The van der Waals surface area contributed by atoms with Crippen molar-refractivity contribution in [1.29, 1.82) is 0 Å². The van der Waals surface area contributed by atoms with Crippen LogP contribution >= 0.6 is 0 Å². The molecule has 0 saturated carbocycles. The lowest BCUT2D eigenvalue weighted by Crippen LogP contribution is -2.25. The van der Waals surface area contributed by atoms with Gasteiger partial charge in [-0.05, 0) is 138 Å². The molecule has 168 valence electrons. The van der Waals surface area contributed by atoms with Crippen molar-refractivity contribution < 1.29 is 0 Å². The minimum Gasteiger partial charge on any atom is -0.0619 e. The van der Waals surface area contributed by atoms with E-state index >= 15 is 0 Å². The fourth-order valence-corrected chi connectivity index (χ4v) is 7.13. The second kappa shape index (κ2) is 6.74. The van der Waals surface area contributed by atoms with Crippen LogP contribution in [0, 0.1) is 0 Å². The van der Waals surface area contributed by atoms with Crippen molar-refractivity contribution in [3.63, 3.8) is 0 Å². The van der Waals surface area contributed by atoms with Gasteiger partial charge in [0, 0.05) is 0 Å². The first-order valence-electron chi connectivity index (χ1n) is 13.1. The Morgan fingerprint density at radius 2 is 0.778 bits per heavy atom. The van der Waals surface area contributed by atoms with Gasteiger partial charge < -0.3 is 0 Å². The van der Waals surface area contributed by atoms with Crippen LogP contribution in [-0.2, 0) is 25.7 Å². The van der Waals surface area contributed by atoms with Crippen molar-refractivity contribution in [1.82, 2.24) is 0 Å². The standard InChI is InChI=1S/C36H24/c1-3-7-33-21(5-1)9-31-17-27-13-23-11-26-16-30-20-36-32(10-22-6-2-4-8-34(22)36)18-28(30)14-24(26)12-25(23)15-29(27)19-35(31)33/h1-8,11-12,15-20H,9-10,13-14H2. The minimum atomic E-state index is 1.02. The molecule has 0 atom stereocenters. The van der Waals surface area contributed by atoms with Gasteiger partial charge in [-0.3, -0.25) is 0 Å². The molecule has 9 rings (SSSR count). The molecule has 5 aromatic carbocycles. The Hall–Kier alpha value is -4.16. The molecule has 0 amide bonds. The summed E-state index contributed by atoms with van der Waals surface area (Å²) in [4.78, 5) is 0. The molecule has 5 aromatic rings. The third-order valence-electron chi connectivity index (χ3n) is 8.89. The maximum absolute atomic E-state index is 2.48. The predicted octanol–water partition coefficient (Wildman–Crippen LogP) is 6.30. The quantitative estimate of drug-likeness (QED) is 0.251. The summed E-state index contributed by atoms with van der Waals surface area (Å²) in [6.07, 6.45) is 9.05. The van der Waals surface area contributed by atoms with Crippen molar-refractivity contribution in [3.05, 3.63) is 151 Å². The maximum Gasteiger partial charge on any atom is -0.00133 e. The van der Waals surface area contributed by atoms with E-state index in [1.165, 1.54) is 88.3 Å². The molecule has 0 nitrogen and oxygen atoms in total. The second-order valence-corrected chi connectivity index (χ2v) is 11.0. The summed E-state index contributed by atoms with van der Waals surface area (Å²) in [6.45, 7) is 0. The van der Waals surface area contributed by atoms with E-state index in [0.29, 0.717) is 0 Å². The fourth-order valence-electron chi connectivity index (χ4n) is 7.13. The van der Waals surface area contributed by atoms with Gasteiger partial charge in [-0.25, -0.2) is 0 Å². The van der Waals surface area contributed by atoms with Crippen LogP contribution in [0.15, 0.2) is 84.9 Å². The first-order valence-corrected chi connectivity index (χ1v) is 13.1. The molecule has 0 saturated heterocycles. The van der Waals surface area contributed by atoms with Crippen LogP contribution in [0.25, 0.3) is 34.4 Å². The van der Waals surface area contributed by atoms with Crippen molar-refractivity contribution in [2.24, 2.45) is 0 Å². The predicted molar refractivity (Wildman–Crippen MR) is 148 cm³/mol. The highest BCUT2D eigenvalue weighted by atomic mass is 14.3. The Balaban J connectivity index is 1.17. The van der Waals surface area contributed by atoms with Crippen LogP contribution in [0.3, 0.4) is 0 Å². The molecule has 0 N–H and O–H groups in total. The van der Waals surface area contributed by atoms with Crippen molar-refractivity contribution in [2.75, 3.05) is 0 Å². The Morgan fingerprint density at radius 1 is 0.333 bits per heavy atom. The zero-order valence-corrected chi connectivity index (χ0v) is 20.1. The highest BCUT2D eigenvalue weighted by molar-refractivity contribution is 5.82. The SMILES string of the molecule is C1=c2cc3c(cc2Cc2cc4c(cc21)-c1ccccc1C4)=Cc1cc2c(cc1C3)Cc1ccccc1-2. The number of hydrogen-bond donors (Lipinski definition) is 0. The van der Waals surface area contributed by atoms with Gasteiger partial charge in [0.15, 0.2) is 0 Å².